The van der Waals surface area contributed by atoms with Crippen LogP contribution in [0.5, 0.6) is 0 Å². The summed E-state index contributed by atoms with van der Waals surface area (Å²) < 4.78 is 44.0. The summed E-state index contributed by atoms with van der Waals surface area (Å²) in [7, 11) is 0. The Kier molecular flexibility index (Phi) is 6.25. The molecule has 28 heavy (non-hydrogen) atoms. The molecule has 5 nitrogen and oxygen atoms in total. The van der Waals surface area contributed by atoms with Crippen LogP contribution in [0.15, 0.2) is 53.1 Å². The van der Waals surface area contributed by atoms with Crippen molar-refractivity contribution >= 4 is 35.0 Å². The highest BCUT2D eigenvalue weighted by molar-refractivity contribution is 7.99. The third-order valence-electron chi connectivity index (χ3n) is 3.54. The van der Waals surface area contributed by atoms with Crippen molar-refractivity contribution < 1.29 is 22.5 Å². The predicted octanol–water partition coefficient (Wildman–Crippen LogP) is 5.28. The van der Waals surface area contributed by atoms with Gasteiger partial charge in [-0.3, -0.25) is 4.79 Å². The van der Waals surface area contributed by atoms with Gasteiger partial charge in [-0.25, -0.2) is 0 Å². The molecule has 0 aliphatic rings. The van der Waals surface area contributed by atoms with Crippen LogP contribution in [-0.4, -0.2) is 21.8 Å². The Morgan fingerprint density at radius 1 is 1.14 bits per heavy atom. The number of halogens is 4. The fourth-order valence-corrected chi connectivity index (χ4v) is 3.06. The van der Waals surface area contributed by atoms with Crippen molar-refractivity contribution in [1.29, 1.82) is 0 Å². The normalized spacial score (nSPS) is 11.4. The number of amides is 1. The molecule has 0 bridgehead atoms. The summed E-state index contributed by atoms with van der Waals surface area (Å²) in [6, 6.07) is 11.7. The lowest BCUT2D eigenvalue weighted by Gasteiger charge is -2.13. The summed E-state index contributed by atoms with van der Waals surface area (Å²) in [5, 5.41) is 6.72. The number of hydrogen-bond acceptors (Lipinski definition) is 5. The number of rotatable bonds is 6. The van der Waals surface area contributed by atoms with Gasteiger partial charge in [-0.05, 0) is 36.4 Å². The fourth-order valence-electron chi connectivity index (χ4n) is 2.29. The molecule has 1 N–H and O–H groups in total. The Hall–Kier alpha value is -2.52. The third-order valence-corrected chi connectivity index (χ3v) is 4.71. The zero-order valence-corrected chi connectivity index (χ0v) is 15.7. The maximum absolute atomic E-state index is 12.9. The smallest absolute Gasteiger partial charge is 0.338 e. The second-order valence-corrected chi connectivity index (χ2v) is 7.02. The second-order valence-electron chi connectivity index (χ2n) is 5.60. The molecule has 0 atom stereocenters. The van der Waals surface area contributed by atoms with Gasteiger partial charge in [-0.2, -0.15) is 18.2 Å². The molecule has 0 saturated carbocycles. The maximum atomic E-state index is 12.9. The molecular formula is C18H13ClF3N3O2S. The van der Waals surface area contributed by atoms with E-state index in [1.807, 2.05) is 0 Å². The third kappa shape index (κ3) is 5.26. The van der Waals surface area contributed by atoms with Crippen molar-refractivity contribution in [1.82, 2.24) is 10.1 Å². The van der Waals surface area contributed by atoms with Crippen LogP contribution in [0.2, 0.25) is 5.02 Å². The summed E-state index contributed by atoms with van der Waals surface area (Å²) in [5.74, 6) is 0.313. The Morgan fingerprint density at radius 2 is 1.86 bits per heavy atom. The van der Waals surface area contributed by atoms with Crippen molar-refractivity contribution in [3.05, 3.63) is 65.0 Å². The number of alkyl halides is 3. The van der Waals surface area contributed by atoms with Crippen LogP contribution in [-0.2, 0) is 16.7 Å². The van der Waals surface area contributed by atoms with E-state index in [2.05, 4.69) is 15.5 Å². The standard InChI is InChI=1S/C18H13ClF3N3O2S/c19-12-7-5-11(6-8-12)17-24-16(27-25-17)10-28-9-15(26)23-14-4-2-1-3-13(14)18(20,21)22/h1-8H,9-10H2,(H,23,26). The number of para-hydroxylation sites is 1. The molecule has 0 fully saturated rings. The molecule has 0 unspecified atom stereocenters. The molecule has 3 rings (SSSR count). The van der Waals surface area contributed by atoms with Gasteiger partial charge >= 0.3 is 6.18 Å². The molecule has 10 heteroatoms. The van der Waals surface area contributed by atoms with Crippen LogP contribution in [0, 0.1) is 0 Å². The largest absolute Gasteiger partial charge is 0.418 e. The zero-order chi connectivity index (χ0) is 20.1. The number of carbonyl (C=O) groups excluding carboxylic acids is 1. The minimum atomic E-state index is -4.54. The molecule has 146 valence electrons. The number of hydrogen-bond donors (Lipinski definition) is 1. The molecule has 1 heterocycles. The van der Waals surface area contributed by atoms with Gasteiger partial charge in [0, 0.05) is 10.6 Å². The first kappa shape index (κ1) is 20.2. The minimum Gasteiger partial charge on any atom is -0.338 e. The van der Waals surface area contributed by atoms with Crippen molar-refractivity contribution in [2.75, 3.05) is 11.1 Å². The average Bonchev–Trinajstić information content (AvgIpc) is 3.11. The Balaban J connectivity index is 1.53. The topological polar surface area (TPSA) is 68.0 Å². The first-order valence-corrected chi connectivity index (χ1v) is 9.48. The van der Waals surface area contributed by atoms with E-state index in [9.17, 15) is 18.0 Å². The number of nitrogens with zero attached hydrogens (tertiary/aromatic N) is 2. The highest BCUT2D eigenvalue weighted by Crippen LogP contribution is 2.34. The molecule has 0 aliphatic heterocycles. The van der Waals surface area contributed by atoms with Gasteiger partial charge in [0.15, 0.2) is 0 Å². The van der Waals surface area contributed by atoms with E-state index in [0.29, 0.717) is 16.7 Å². The predicted molar refractivity (Wildman–Crippen MR) is 101 cm³/mol. The van der Waals surface area contributed by atoms with E-state index in [4.69, 9.17) is 16.1 Å². The quantitative estimate of drug-likeness (QED) is 0.579. The molecule has 0 aliphatic carbocycles. The van der Waals surface area contributed by atoms with Crippen LogP contribution < -0.4 is 5.32 Å². The highest BCUT2D eigenvalue weighted by atomic mass is 35.5. The summed E-state index contributed by atoms with van der Waals surface area (Å²) in [6.45, 7) is 0. The first-order chi connectivity index (χ1) is 13.3. The van der Waals surface area contributed by atoms with Crippen molar-refractivity contribution in [2.24, 2.45) is 0 Å². The van der Waals surface area contributed by atoms with Crippen LogP contribution in [0.1, 0.15) is 11.5 Å². The summed E-state index contributed by atoms with van der Waals surface area (Å²) in [4.78, 5) is 16.2. The van der Waals surface area contributed by atoms with Gasteiger partial charge in [0.25, 0.3) is 0 Å². The summed E-state index contributed by atoms with van der Waals surface area (Å²) in [6.07, 6.45) is -4.54. The van der Waals surface area contributed by atoms with Crippen molar-refractivity contribution in [2.45, 2.75) is 11.9 Å². The Morgan fingerprint density at radius 3 is 2.57 bits per heavy atom. The van der Waals surface area contributed by atoms with E-state index in [-0.39, 0.29) is 17.2 Å². The average molecular weight is 428 g/mol. The van der Waals surface area contributed by atoms with Crippen LogP contribution in [0.4, 0.5) is 18.9 Å². The Labute approximate surface area is 167 Å². The fraction of sp³-hybridized carbons (Fsp3) is 0.167. The number of aromatic nitrogens is 2. The number of carbonyl (C=O) groups is 1. The van der Waals surface area contributed by atoms with E-state index in [1.165, 1.54) is 18.2 Å². The molecule has 1 aromatic heterocycles. The van der Waals surface area contributed by atoms with Crippen LogP contribution in [0.25, 0.3) is 11.4 Å². The van der Waals surface area contributed by atoms with Crippen LogP contribution in [0.3, 0.4) is 0 Å². The first-order valence-electron chi connectivity index (χ1n) is 7.95. The monoisotopic (exact) mass is 427 g/mol. The van der Waals surface area contributed by atoms with E-state index < -0.39 is 17.6 Å². The van der Waals surface area contributed by atoms with Gasteiger partial charge in [-0.1, -0.05) is 28.9 Å². The maximum Gasteiger partial charge on any atom is 0.418 e. The molecule has 1 amide bonds. The SMILES string of the molecule is O=C(CSCc1nc(-c2ccc(Cl)cc2)no1)Nc1ccccc1C(F)(F)F. The van der Waals surface area contributed by atoms with Gasteiger partial charge < -0.3 is 9.84 Å². The summed E-state index contributed by atoms with van der Waals surface area (Å²) >= 11 is 6.97. The lowest BCUT2D eigenvalue weighted by molar-refractivity contribution is -0.137. The second kappa shape index (κ2) is 8.66. The number of benzene rings is 2. The van der Waals surface area contributed by atoms with E-state index in [1.54, 1.807) is 24.3 Å². The van der Waals surface area contributed by atoms with Crippen LogP contribution >= 0.6 is 23.4 Å². The van der Waals surface area contributed by atoms with Gasteiger partial charge in [0.2, 0.25) is 17.6 Å². The molecular weight excluding hydrogens is 415 g/mol. The lowest BCUT2D eigenvalue weighted by atomic mass is 10.1. The van der Waals surface area contributed by atoms with Gasteiger partial charge in [0.1, 0.15) is 0 Å². The molecule has 0 spiro atoms. The zero-order valence-electron chi connectivity index (χ0n) is 14.2. The van der Waals surface area contributed by atoms with Gasteiger partial charge in [0.05, 0.1) is 22.8 Å². The molecule has 3 aromatic rings. The number of thioether (sulfide) groups is 1. The van der Waals surface area contributed by atoms with Crippen molar-refractivity contribution in [3.63, 3.8) is 0 Å². The molecule has 2 aromatic carbocycles. The highest BCUT2D eigenvalue weighted by Gasteiger charge is 2.33. The molecule has 0 radical (unpaired) electrons. The van der Waals surface area contributed by atoms with Crippen molar-refractivity contribution in [3.8, 4) is 11.4 Å². The summed E-state index contributed by atoms with van der Waals surface area (Å²) in [5.41, 5.74) is -0.438. The molecule has 0 saturated heterocycles. The minimum absolute atomic E-state index is 0.0646. The van der Waals surface area contributed by atoms with E-state index >= 15 is 0 Å². The number of nitrogens with one attached hydrogen (secondary N) is 1. The lowest BCUT2D eigenvalue weighted by Crippen LogP contribution is -2.18. The Bertz CT molecular complexity index is 961. The number of anilines is 1. The van der Waals surface area contributed by atoms with Gasteiger partial charge in [-0.15, -0.1) is 11.8 Å². The van der Waals surface area contributed by atoms with E-state index in [0.717, 1.165) is 23.4 Å².